The van der Waals surface area contributed by atoms with Crippen molar-refractivity contribution in [3.63, 3.8) is 0 Å². The summed E-state index contributed by atoms with van der Waals surface area (Å²) in [5.74, 6) is 0.543. The first kappa shape index (κ1) is 16.0. The summed E-state index contributed by atoms with van der Waals surface area (Å²) < 4.78 is 6.46. The minimum Gasteiger partial charge on any atom is -0.480 e. The standard InChI is InChI=1S/C14H21BrN2O2/c1-4-17-14(18)10(3)19-13-6-5-11(7-9(2)16)8-12(13)15/h5-6,8-10H,4,7,16H2,1-3H3,(H,17,18). The van der Waals surface area contributed by atoms with Gasteiger partial charge in [0.05, 0.1) is 4.47 Å². The van der Waals surface area contributed by atoms with Crippen molar-refractivity contribution in [2.45, 2.75) is 39.3 Å². The lowest BCUT2D eigenvalue weighted by Gasteiger charge is -2.16. The van der Waals surface area contributed by atoms with Crippen LogP contribution in [0.4, 0.5) is 0 Å². The van der Waals surface area contributed by atoms with E-state index in [9.17, 15) is 4.79 Å². The molecule has 0 aliphatic carbocycles. The molecule has 2 unspecified atom stereocenters. The zero-order valence-electron chi connectivity index (χ0n) is 11.6. The lowest BCUT2D eigenvalue weighted by atomic mass is 10.1. The fourth-order valence-electron chi connectivity index (χ4n) is 1.70. The van der Waals surface area contributed by atoms with Crippen molar-refractivity contribution in [3.8, 4) is 5.75 Å². The number of amides is 1. The van der Waals surface area contributed by atoms with Gasteiger partial charge in [0.25, 0.3) is 5.91 Å². The van der Waals surface area contributed by atoms with Crippen molar-refractivity contribution >= 4 is 21.8 Å². The minimum atomic E-state index is -0.518. The van der Waals surface area contributed by atoms with Crippen molar-refractivity contribution in [2.75, 3.05) is 6.54 Å². The zero-order chi connectivity index (χ0) is 14.4. The van der Waals surface area contributed by atoms with Gasteiger partial charge in [0.15, 0.2) is 6.10 Å². The highest BCUT2D eigenvalue weighted by Gasteiger charge is 2.15. The highest BCUT2D eigenvalue weighted by Crippen LogP contribution is 2.27. The van der Waals surface area contributed by atoms with Crippen LogP contribution in [0.1, 0.15) is 26.3 Å². The zero-order valence-corrected chi connectivity index (χ0v) is 13.2. The molecule has 0 bridgehead atoms. The number of benzene rings is 1. The third kappa shape index (κ3) is 5.20. The van der Waals surface area contributed by atoms with Crippen molar-refractivity contribution in [1.29, 1.82) is 0 Å². The minimum absolute atomic E-state index is 0.117. The van der Waals surface area contributed by atoms with E-state index in [1.165, 1.54) is 0 Å². The molecule has 0 aromatic heterocycles. The molecular formula is C14H21BrN2O2. The first-order chi connectivity index (χ1) is 8.93. The van der Waals surface area contributed by atoms with E-state index in [0.29, 0.717) is 12.3 Å². The van der Waals surface area contributed by atoms with E-state index < -0.39 is 6.10 Å². The van der Waals surface area contributed by atoms with E-state index in [2.05, 4.69) is 21.2 Å². The molecule has 4 nitrogen and oxygen atoms in total. The summed E-state index contributed by atoms with van der Waals surface area (Å²) in [6.45, 7) is 6.17. The molecule has 0 spiro atoms. The number of hydrogen-bond donors (Lipinski definition) is 2. The van der Waals surface area contributed by atoms with Crippen molar-refractivity contribution in [1.82, 2.24) is 5.32 Å². The average molecular weight is 329 g/mol. The largest absolute Gasteiger partial charge is 0.480 e. The van der Waals surface area contributed by atoms with Gasteiger partial charge < -0.3 is 15.8 Å². The molecule has 0 saturated carbocycles. The Bertz CT molecular complexity index is 435. The van der Waals surface area contributed by atoms with E-state index in [1.54, 1.807) is 6.92 Å². The van der Waals surface area contributed by atoms with Crippen molar-refractivity contribution in [3.05, 3.63) is 28.2 Å². The summed E-state index contributed by atoms with van der Waals surface area (Å²) >= 11 is 3.46. The van der Waals surface area contributed by atoms with Gasteiger partial charge in [0.2, 0.25) is 0 Å². The molecule has 2 atom stereocenters. The molecule has 1 rings (SSSR count). The first-order valence-corrected chi connectivity index (χ1v) is 7.21. The fourth-order valence-corrected chi connectivity index (χ4v) is 2.22. The number of ether oxygens (including phenoxy) is 1. The Hall–Kier alpha value is -1.07. The molecule has 0 saturated heterocycles. The Kier molecular flexibility index (Phi) is 6.31. The van der Waals surface area contributed by atoms with E-state index in [1.807, 2.05) is 32.0 Å². The summed E-state index contributed by atoms with van der Waals surface area (Å²) in [6, 6.07) is 5.92. The summed E-state index contributed by atoms with van der Waals surface area (Å²) in [5.41, 5.74) is 6.91. The lowest BCUT2D eigenvalue weighted by molar-refractivity contribution is -0.127. The molecule has 0 aliphatic rings. The van der Waals surface area contributed by atoms with Gasteiger partial charge in [-0.1, -0.05) is 6.07 Å². The third-order valence-electron chi connectivity index (χ3n) is 2.58. The lowest BCUT2D eigenvalue weighted by Crippen LogP contribution is -2.36. The maximum atomic E-state index is 11.6. The van der Waals surface area contributed by atoms with Crippen molar-refractivity contribution in [2.24, 2.45) is 5.73 Å². The highest BCUT2D eigenvalue weighted by atomic mass is 79.9. The van der Waals surface area contributed by atoms with Crippen LogP contribution in [0.3, 0.4) is 0 Å². The molecule has 0 fully saturated rings. The molecule has 1 aromatic carbocycles. The normalized spacial score (nSPS) is 13.7. The summed E-state index contributed by atoms with van der Waals surface area (Å²) in [5, 5.41) is 2.73. The fraction of sp³-hybridized carbons (Fsp3) is 0.500. The SMILES string of the molecule is CCNC(=O)C(C)Oc1ccc(CC(C)N)cc1Br. The topological polar surface area (TPSA) is 64.3 Å². The Labute approximate surface area is 122 Å². The van der Waals surface area contributed by atoms with Gasteiger partial charge >= 0.3 is 0 Å². The smallest absolute Gasteiger partial charge is 0.260 e. The number of likely N-dealkylation sites (N-methyl/N-ethyl adjacent to an activating group) is 1. The van der Waals surface area contributed by atoms with Gasteiger partial charge in [-0.2, -0.15) is 0 Å². The number of carbonyl (C=O) groups is 1. The number of halogens is 1. The molecular weight excluding hydrogens is 308 g/mol. The summed E-state index contributed by atoms with van der Waals surface area (Å²) in [4.78, 5) is 11.6. The second-order valence-electron chi connectivity index (χ2n) is 4.60. The monoisotopic (exact) mass is 328 g/mol. The van der Waals surface area contributed by atoms with Gasteiger partial charge in [0.1, 0.15) is 5.75 Å². The number of carbonyl (C=O) groups excluding carboxylic acids is 1. The van der Waals surface area contributed by atoms with Crippen LogP contribution in [-0.2, 0) is 11.2 Å². The van der Waals surface area contributed by atoms with E-state index in [0.717, 1.165) is 16.5 Å². The van der Waals surface area contributed by atoms with Crippen LogP contribution in [0.15, 0.2) is 22.7 Å². The molecule has 0 radical (unpaired) electrons. The van der Waals surface area contributed by atoms with Crippen LogP contribution in [0.5, 0.6) is 5.75 Å². The van der Waals surface area contributed by atoms with Gasteiger partial charge in [0, 0.05) is 12.6 Å². The highest BCUT2D eigenvalue weighted by molar-refractivity contribution is 9.10. The molecule has 3 N–H and O–H groups in total. The number of nitrogens with one attached hydrogen (secondary N) is 1. The maximum absolute atomic E-state index is 11.6. The van der Waals surface area contributed by atoms with E-state index >= 15 is 0 Å². The van der Waals surface area contributed by atoms with Crippen LogP contribution < -0.4 is 15.8 Å². The summed E-state index contributed by atoms with van der Waals surface area (Å²) in [7, 11) is 0. The molecule has 1 amide bonds. The number of hydrogen-bond acceptors (Lipinski definition) is 3. The number of rotatable bonds is 6. The molecule has 1 aromatic rings. The van der Waals surface area contributed by atoms with Gasteiger partial charge in [-0.3, -0.25) is 4.79 Å². The average Bonchev–Trinajstić information content (AvgIpc) is 2.32. The van der Waals surface area contributed by atoms with Gasteiger partial charge in [-0.25, -0.2) is 0 Å². The van der Waals surface area contributed by atoms with Crippen LogP contribution in [0, 0.1) is 0 Å². The van der Waals surface area contributed by atoms with Crippen molar-refractivity contribution < 1.29 is 9.53 Å². The van der Waals surface area contributed by atoms with Gasteiger partial charge in [-0.15, -0.1) is 0 Å². The molecule has 5 heteroatoms. The van der Waals surface area contributed by atoms with Crippen LogP contribution in [-0.4, -0.2) is 24.6 Å². The number of nitrogens with two attached hydrogens (primary N) is 1. The Morgan fingerprint density at radius 2 is 2.16 bits per heavy atom. The molecule has 106 valence electrons. The van der Waals surface area contributed by atoms with Crippen LogP contribution in [0.2, 0.25) is 0 Å². The van der Waals surface area contributed by atoms with Crippen LogP contribution >= 0.6 is 15.9 Å². The predicted octanol–water partition coefficient (Wildman–Crippen LogP) is 2.24. The van der Waals surface area contributed by atoms with E-state index in [4.69, 9.17) is 10.5 Å². The van der Waals surface area contributed by atoms with Gasteiger partial charge in [-0.05, 0) is 60.8 Å². The van der Waals surface area contributed by atoms with Crippen LogP contribution in [0.25, 0.3) is 0 Å². The molecule has 0 aliphatic heterocycles. The molecule has 19 heavy (non-hydrogen) atoms. The maximum Gasteiger partial charge on any atom is 0.260 e. The summed E-state index contributed by atoms with van der Waals surface area (Å²) in [6.07, 6.45) is 0.292. The first-order valence-electron chi connectivity index (χ1n) is 6.42. The Morgan fingerprint density at radius 1 is 1.47 bits per heavy atom. The Morgan fingerprint density at radius 3 is 2.68 bits per heavy atom. The Balaban J connectivity index is 2.71. The molecule has 0 heterocycles. The predicted molar refractivity (Wildman–Crippen MR) is 80.3 cm³/mol. The second-order valence-corrected chi connectivity index (χ2v) is 5.46. The second kappa shape index (κ2) is 7.50. The third-order valence-corrected chi connectivity index (χ3v) is 3.20. The van der Waals surface area contributed by atoms with E-state index in [-0.39, 0.29) is 11.9 Å². The quantitative estimate of drug-likeness (QED) is 0.841.